The van der Waals surface area contributed by atoms with E-state index in [1.807, 2.05) is 20.0 Å². The minimum absolute atomic E-state index is 1.00. The maximum absolute atomic E-state index is 3.64. The van der Waals surface area contributed by atoms with E-state index in [-0.39, 0.29) is 0 Å². The SMILES string of the molecule is C=N/C=C\C(=C/C)CCNC. The summed E-state index contributed by atoms with van der Waals surface area (Å²) in [6.45, 7) is 6.39. The first kappa shape index (κ1) is 10.1. The van der Waals surface area contributed by atoms with Gasteiger partial charge in [0.15, 0.2) is 0 Å². The van der Waals surface area contributed by atoms with Gasteiger partial charge in [-0.3, -0.25) is 4.99 Å². The Morgan fingerprint density at radius 2 is 2.36 bits per heavy atom. The van der Waals surface area contributed by atoms with E-state index in [1.54, 1.807) is 6.20 Å². The molecular formula is C9H16N2. The van der Waals surface area contributed by atoms with E-state index in [9.17, 15) is 0 Å². The Labute approximate surface area is 68.7 Å². The number of hydrogen-bond donors (Lipinski definition) is 1. The molecule has 0 radical (unpaired) electrons. The van der Waals surface area contributed by atoms with Crippen LogP contribution in [0.3, 0.4) is 0 Å². The van der Waals surface area contributed by atoms with Crippen molar-refractivity contribution in [3.63, 3.8) is 0 Å². The lowest BCUT2D eigenvalue weighted by Gasteiger charge is -1.98. The highest BCUT2D eigenvalue weighted by atomic mass is 14.8. The quantitative estimate of drug-likeness (QED) is 0.471. The van der Waals surface area contributed by atoms with Gasteiger partial charge in [-0.2, -0.15) is 0 Å². The van der Waals surface area contributed by atoms with Gasteiger partial charge in [-0.15, -0.1) is 0 Å². The van der Waals surface area contributed by atoms with Crippen molar-refractivity contribution in [2.24, 2.45) is 4.99 Å². The predicted molar refractivity (Wildman–Crippen MR) is 51.0 cm³/mol. The topological polar surface area (TPSA) is 24.4 Å². The lowest BCUT2D eigenvalue weighted by atomic mass is 10.2. The number of aliphatic imine (C=N–C) groups is 1. The highest BCUT2D eigenvalue weighted by Crippen LogP contribution is 2.01. The Morgan fingerprint density at radius 3 is 2.82 bits per heavy atom. The summed E-state index contributed by atoms with van der Waals surface area (Å²) in [4.78, 5) is 3.64. The van der Waals surface area contributed by atoms with Crippen LogP contribution in [0.2, 0.25) is 0 Å². The third-order valence-electron chi connectivity index (χ3n) is 1.43. The summed E-state index contributed by atoms with van der Waals surface area (Å²) in [7, 11) is 1.95. The summed E-state index contributed by atoms with van der Waals surface area (Å²) in [5.74, 6) is 0. The van der Waals surface area contributed by atoms with E-state index in [4.69, 9.17) is 0 Å². The lowest BCUT2D eigenvalue weighted by Crippen LogP contribution is -2.07. The summed E-state index contributed by atoms with van der Waals surface area (Å²) < 4.78 is 0. The molecule has 0 aliphatic carbocycles. The molecule has 2 nitrogen and oxygen atoms in total. The Hall–Kier alpha value is -0.890. The average Bonchev–Trinajstić information content (AvgIpc) is 2.05. The van der Waals surface area contributed by atoms with Gasteiger partial charge in [0.2, 0.25) is 0 Å². The molecule has 0 saturated carbocycles. The zero-order chi connectivity index (χ0) is 8.53. The molecule has 0 aromatic rings. The zero-order valence-electron chi connectivity index (χ0n) is 7.30. The molecule has 62 valence electrons. The van der Waals surface area contributed by atoms with Crippen molar-refractivity contribution in [3.05, 3.63) is 23.9 Å². The van der Waals surface area contributed by atoms with E-state index < -0.39 is 0 Å². The van der Waals surface area contributed by atoms with Gasteiger partial charge in [0.25, 0.3) is 0 Å². The molecule has 0 fully saturated rings. The van der Waals surface area contributed by atoms with Crippen molar-refractivity contribution in [2.45, 2.75) is 13.3 Å². The van der Waals surface area contributed by atoms with E-state index in [0.29, 0.717) is 0 Å². The monoisotopic (exact) mass is 152 g/mol. The van der Waals surface area contributed by atoms with Gasteiger partial charge in [-0.25, -0.2) is 0 Å². The number of rotatable bonds is 5. The van der Waals surface area contributed by atoms with Crippen molar-refractivity contribution in [3.8, 4) is 0 Å². The molecule has 2 heteroatoms. The van der Waals surface area contributed by atoms with Crippen molar-refractivity contribution < 1.29 is 0 Å². The lowest BCUT2D eigenvalue weighted by molar-refractivity contribution is 0.793. The molecule has 0 aromatic heterocycles. The van der Waals surface area contributed by atoms with E-state index >= 15 is 0 Å². The first-order valence-corrected chi connectivity index (χ1v) is 3.77. The normalized spacial score (nSPS) is 12.4. The average molecular weight is 152 g/mol. The summed E-state index contributed by atoms with van der Waals surface area (Å²) in [6.07, 6.45) is 6.81. The molecule has 0 aromatic carbocycles. The van der Waals surface area contributed by atoms with E-state index in [1.165, 1.54) is 5.57 Å². The Kier molecular flexibility index (Phi) is 6.64. The van der Waals surface area contributed by atoms with Gasteiger partial charge in [0.1, 0.15) is 0 Å². The van der Waals surface area contributed by atoms with Crippen LogP contribution in [-0.2, 0) is 0 Å². The second kappa shape index (κ2) is 7.22. The van der Waals surface area contributed by atoms with Crippen LogP contribution in [0, 0.1) is 0 Å². The molecule has 0 rings (SSSR count). The van der Waals surface area contributed by atoms with Crippen molar-refractivity contribution in [1.29, 1.82) is 0 Å². The maximum atomic E-state index is 3.64. The van der Waals surface area contributed by atoms with Gasteiger partial charge in [0, 0.05) is 6.20 Å². The molecule has 0 heterocycles. The first-order chi connectivity index (χ1) is 5.35. The number of nitrogens with zero attached hydrogens (tertiary/aromatic N) is 1. The highest BCUT2D eigenvalue weighted by molar-refractivity contribution is 5.27. The van der Waals surface area contributed by atoms with Gasteiger partial charge in [-0.05, 0) is 45.3 Å². The predicted octanol–water partition coefficient (Wildman–Crippen LogP) is 1.76. The smallest absolute Gasteiger partial charge is 0.0263 e. The Morgan fingerprint density at radius 1 is 1.64 bits per heavy atom. The summed E-state index contributed by atoms with van der Waals surface area (Å²) in [5.41, 5.74) is 1.28. The number of hydrogen-bond acceptors (Lipinski definition) is 2. The standard InChI is InChI=1S/C9H16N2/c1-4-9(5-7-10-2)6-8-11-3/h4-5,7,11H,2,6,8H2,1,3H3/b7-5-,9-4+. The minimum atomic E-state index is 1.00. The molecule has 0 amide bonds. The van der Waals surface area contributed by atoms with Gasteiger partial charge in [-0.1, -0.05) is 6.08 Å². The van der Waals surface area contributed by atoms with Crippen LogP contribution in [-0.4, -0.2) is 20.3 Å². The van der Waals surface area contributed by atoms with Crippen LogP contribution in [0.1, 0.15) is 13.3 Å². The van der Waals surface area contributed by atoms with Crippen LogP contribution in [0.4, 0.5) is 0 Å². The molecular weight excluding hydrogens is 136 g/mol. The van der Waals surface area contributed by atoms with Gasteiger partial charge >= 0.3 is 0 Å². The molecule has 0 aliphatic heterocycles. The molecule has 0 saturated heterocycles. The Bertz CT molecular complexity index is 157. The molecule has 11 heavy (non-hydrogen) atoms. The largest absolute Gasteiger partial charge is 0.319 e. The summed E-state index contributed by atoms with van der Waals surface area (Å²) in [5, 5.41) is 3.09. The molecule has 0 spiro atoms. The third-order valence-corrected chi connectivity index (χ3v) is 1.43. The van der Waals surface area contributed by atoms with Crippen LogP contribution in [0.25, 0.3) is 0 Å². The van der Waals surface area contributed by atoms with Gasteiger partial charge in [0.05, 0.1) is 0 Å². The summed E-state index contributed by atoms with van der Waals surface area (Å²) >= 11 is 0. The van der Waals surface area contributed by atoms with Gasteiger partial charge < -0.3 is 5.32 Å². The molecule has 0 unspecified atom stereocenters. The van der Waals surface area contributed by atoms with Crippen LogP contribution < -0.4 is 5.32 Å². The van der Waals surface area contributed by atoms with Crippen molar-refractivity contribution >= 4 is 6.72 Å². The minimum Gasteiger partial charge on any atom is -0.319 e. The fourth-order valence-electron chi connectivity index (χ4n) is 0.742. The Balaban J connectivity index is 3.77. The zero-order valence-corrected chi connectivity index (χ0v) is 7.30. The molecule has 0 aliphatic rings. The van der Waals surface area contributed by atoms with Crippen molar-refractivity contribution in [1.82, 2.24) is 5.32 Å². The molecule has 1 N–H and O–H groups in total. The van der Waals surface area contributed by atoms with E-state index in [0.717, 1.165) is 13.0 Å². The summed E-state index contributed by atoms with van der Waals surface area (Å²) in [6, 6.07) is 0. The first-order valence-electron chi connectivity index (χ1n) is 3.77. The highest BCUT2D eigenvalue weighted by Gasteiger charge is 1.87. The molecule has 0 bridgehead atoms. The fraction of sp³-hybridized carbons (Fsp3) is 0.444. The number of nitrogens with one attached hydrogen (secondary N) is 1. The van der Waals surface area contributed by atoms with Crippen LogP contribution in [0.15, 0.2) is 28.9 Å². The van der Waals surface area contributed by atoms with Crippen molar-refractivity contribution in [2.75, 3.05) is 13.6 Å². The second-order valence-electron chi connectivity index (χ2n) is 2.22. The van der Waals surface area contributed by atoms with E-state index in [2.05, 4.69) is 23.1 Å². The van der Waals surface area contributed by atoms with Crippen LogP contribution in [0.5, 0.6) is 0 Å². The third kappa shape index (κ3) is 5.55. The van der Waals surface area contributed by atoms with Crippen LogP contribution >= 0.6 is 0 Å². The second-order valence-corrected chi connectivity index (χ2v) is 2.22. The fourth-order valence-corrected chi connectivity index (χ4v) is 0.742. The molecule has 0 atom stereocenters. The number of allylic oxidation sites excluding steroid dienone is 2. The maximum Gasteiger partial charge on any atom is 0.0263 e.